The van der Waals surface area contributed by atoms with E-state index in [0.29, 0.717) is 16.8 Å². The smallest absolute Gasteiger partial charge is 0.305 e. The van der Waals surface area contributed by atoms with Gasteiger partial charge in [0.05, 0.1) is 4.92 Å². The van der Waals surface area contributed by atoms with Gasteiger partial charge in [0.15, 0.2) is 0 Å². The molecule has 7 heteroatoms. The zero-order valence-electron chi connectivity index (χ0n) is 11.0. The molecule has 0 aliphatic heterocycles. The van der Waals surface area contributed by atoms with Gasteiger partial charge in [-0.3, -0.25) is 10.1 Å². The van der Waals surface area contributed by atoms with Gasteiger partial charge < -0.3 is 5.32 Å². The van der Waals surface area contributed by atoms with Crippen molar-refractivity contribution in [3.05, 3.63) is 68.2 Å². The normalized spacial score (nSPS) is 10.5. The molecular formula is C14H11ClF2N2O2. The molecule has 1 N–H and O–H groups in total. The average molecular weight is 313 g/mol. The van der Waals surface area contributed by atoms with Gasteiger partial charge in [-0.15, -0.1) is 0 Å². The van der Waals surface area contributed by atoms with Gasteiger partial charge >= 0.3 is 5.69 Å². The summed E-state index contributed by atoms with van der Waals surface area (Å²) in [4.78, 5) is 9.76. The fraction of sp³-hybridized carbons (Fsp3) is 0.143. The summed E-state index contributed by atoms with van der Waals surface area (Å²) in [6.45, 7) is 1.82. The Morgan fingerprint density at radius 3 is 2.57 bits per heavy atom. The number of nitrogens with one attached hydrogen (secondary N) is 1. The summed E-state index contributed by atoms with van der Waals surface area (Å²) in [5.41, 5.74) is 0.776. The van der Waals surface area contributed by atoms with Crippen molar-refractivity contribution in [2.24, 2.45) is 0 Å². The van der Waals surface area contributed by atoms with Gasteiger partial charge in [-0.25, -0.2) is 4.39 Å². The Morgan fingerprint density at radius 1 is 1.24 bits per heavy atom. The Hall–Kier alpha value is -2.21. The molecule has 0 atom stereocenters. The van der Waals surface area contributed by atoms with Crippen molar-refractivity contribution < 1.29 is 13.7 Å². The largest absolute Gasteiger partial charge is 0.381 e. The quantitative estimate of drug-likeness (QED) is 0.670. The maximum Gasteiger partial charge on any atom is 0.305 e. The first-order chi connectivity index (χ1) is 9.88. The summed E-state index contributed by atoms with van der Waals surface area (Å²) in [6, 6.07) is 6.59. The predicted octanol–water partition coefficient (Wildman–Crippen LogP) is 4.45. The van der Waals surface area contributed by atoms with Crippen LogP contribution in [0.2, 0.25) is 5.02 Å². The first-order valence-corrected chi connectivity index (χ1v) is 6.38. The molecule has 0 radical (unpaired) electrons. The Morgan fingerprint density at radius 2 is 1.95 bits per heavy atom. The topological polar surface area (TPSA) is 55.2 Å². The first-order valence-electron chi connectivity index (χ1n) is 6.01. The van der Waals surface area contributed by atoms with E-state index < -0.39 is 22.2 Å². The third kappa shape index (κ3) is 3.46. The third-order valence-corrected chi connectivity index (χ3v) is 3.37. The summed E-state index contributed by atoms with van der Waals surface area (Å²) in [5, 5.41) is 14.1. The highest BCUT2D eigenvalue weighted by atomic mass is 35.5. The van der Waals surface area contributed by atoms with Crippen LogP contribution in [-0.4, -0.2) is 4.92 Å². The summed E-state index contributed by atoms with van der Waals surface area (Å²) < 4.78 is 26.8. The highest BCUT2D eigenvalue weighted by molar-refractivity contribution is 6.31. The van der Waals surface area contributed by atoms with Gasteiger partial charge in [0.2, 0.25) is 5.82 Å². The molecule has 0 aliphatic carbocycles. The SMILES string of the molecule is Cc1ccc(NCc2cc([N+](=O)[O-])c(F)cc2F)cc1Cl. The lowest BCUT2D eigenvalue weighted by molar-refractivity contribution is -0.387. The minimum absolute atomic E-state index is 0.000188. The lowest BCUT2D eigenvalue weighted by Crippen LogP contribution is -2.04. The van der Waals surface area contributed by atoms with Gasteiger partial charge in [0.25, 0.3) is 0 Å². The molecule has 0 spiro atoms. The van der Waals surface area contributed by atoms with E-state index in [1.807, 2.05) is 6.92 Å². The first kappa shape index (κ1) is 15.2. The number of rotatable bonds is 4. The number of halogens is 3. The van der Waals surface area contributed by atoms with Crippen LogP contribution in [0.5, 0.6) is 0 Å². The summed E-state index contributed by atoms with van der Waals surface area (Å²) in [6.07, 6.45) is 0. The van der Waals surface area contributed by atoms with Crippen LogP contribution in [0.1, 0.15) is 11.1 Å². The number of nitro groups is 1. The molecule has 0 aliphatic rings. The van der Waals surface area contributed by atoms with Crippen LogP contribution in [0.4, 0.5) is 20.2 Å². The lowest BCUT2D eigenvalue weighted by atomic mass is 10.1. The predicted molar refractivity (Wildman–Crippen MR) is 76.5 cm³/mol. The number of hydrogen-bond donors (Lipinski definition) is 1. The molecule has 4 nitrogen and oxygen atoms in total. The maximum absolute atomic E-state index is 13.6. The molecule has 0 saturated heterocycles. The van der Waals surface area contributed by atoms with Crippen LogP contribution in [0, 0.1) is 28.7 Å². The fourth-order valence-electron chi connectivity index (χ4n) is 1.76. The molecule has 0 heterocycles. The van der Waals surface area contributed by atoms with Crippen LogP contribution in [0.15, 0.2) is 30.3 Å². The van der Waals surface area contributed by atoms with Gasteiger partial charge in [0.1, 0.15) is 5.82 Å². The van der Waals surface area contributed by atoms with E-state index in [4.69, 9.17) is 11.6 Å². The zero-order chi connectivity index (χ0) is 15.6. The Balaban J connectivity index is 2.21. The van der Waals surface area contributed by atoms with Crippen molar-refractivity contribution in [2.45, 2.75) is 13.5 Å². The van der Waals surface area contributed by atoms with Crippen LogP contribution >= 0.6 is 11.6 Å². The van der Waals surface area contributed by atoms with Crippen LogP contribution < -0.4 is 5.32 Å². The number of anilines is 1. The van der Waals surface area contributed by atoms with Gasteiger partial charge in [-0.1, -0.05) is 17.7 Å². The molecule has 2 aromatic carbocycles. The Kier molecular flexibility index (Phi) is 4.37. The second-order valence-electron chi connectivity index (χ2n) is 4.47. The maximum atomic E-state index is 13.6. The standard InChI is InChI=1S/C14H11ClF2N2O2/c1-8-2-3-10(5-11(8)15)18-7-9-4-14(19(20)21)13(17)6-12(9)16/h2-6,18H,7H2,1H3. The molecule has 0 unspecified atom stereocenters. The second-order valence-corrected chi connectivity index (χ2v) is 4.88. The third-order valence-electron chi connectivity index (χ3n) is 2.97. The summed E-state index contributed by atoms with van der Waals surface area (Å²) >= 11 is 5.96. The number of aryl methyl sites for hydroxylation is 1. The van der Waals surface area contributed by atoms with Crippen molar-refractivity contribution in [2.75, 3.05) is 5.32 Å². The Bertz CT molecular complexity index is 708. The van der Waals surface area contributed by atoms with Crippen molar-refractivity contribution in [3.63, 3.8) is 0 Å². The van der Waals surface area contributed by atoms with Crippen molar-refractivity contribution in [3.8, 4) is 0 Å². The summed E-state index contributed by atoms with van der Waals surface area (Å²) in [5.74, 6) is -2.04. The van der Waals surface area contributed by atoms with Gasteiger partial charge in [0, 0.05) is 35.0 Å². The molecule has 0 fully saturated rings. The molecular weight excluding hydrogens is 302 g/mol. The molecule has 2 aromatic rings. The van der Waals surface area contributed by atoms with E-state index in [-0.39, 0.29) is 12.1 Å². The molecule has 2 rings (SSSR count). The van der Waals surface area contributed by atoms with E-state index in [0.717, 1.165) is 11.6 Å². The number of benzene rings is 2. The molecule has 0 saturated carbocycles. The van der Waals surface area contributed by atoms with E-state index >= 15 is 0 Å². The zero-order valence-corrected chi connectivity index (χ0v) is 11.7. The summed E-state index contributed by atoms with van der Waals surface area (Å²) in [7, 11) is 0. The molecule has 21 heavy (non-hydrogen) atoms. The van der Waals surface area contributed by atoms with Crippen LogP contribution in [0.25, 0.3) is 0 Å². The average Bonchev–Trinajstić information content (AvgIpc) is 2.41. The monoisotopic (exact) mass is 312 g/mol. The highest BCUT2D eigenvalue weighted by Gasteiger charge is 2.18. The fourth-order valence-corrected chi connectivity index (χ4v) is 1.94. The van der Waals surface area contributed by atoms with Crippen molar-refractivity contribution >= 4 is 23.0 Å². The number of hydrogen-bond acceptors (Lipinski definition) is 3. The minimum atomic E-state index is -1.19. The van der Waals surface area contributed by atoms with E-state index in [9.17, 15) is 18.9 Å². The Labute approximate surface area is 124 Å². The van der Waals surface area contributed by atoms with Crippen LogP contribution in [-0.2, 0) is 6.54 Å². The van der Waals surface area contributed by atoms with Crippen molar-refractivity contribution in [1.82, 2.24) is 0 Å². The number of nitrogens with zero attached hydrogens (tertiary/aromatic N) is 1. The van der Waals surface area contributed by atoms with Gasteiger partial charge in [-0.05, 0) is 24.6 Å². The molecule has 0 amide bonds. The lowest BCUT2D eigenvalue weighted by Gasteiger charge is -2.09. The van der Waals surface area contributed by atoms with E-state index in [1.54, 1.807) is 18.2 Å². The highest BCUT2D eigenvalue weighted by Crippen LogP contribution is 2.24. The van der Waals surface area contributed by atoms with Crippen LogP contribution in [0.3, 0.4) is 0 Å². The second kappa shape index (κ2) is 6.05. The van der Waals surface area contributed by atoms with E-state index in [2.05, 4.69) is 5.32 Å². The van der Waals surface area contributed by atoms with Gasteiger partial charge in [-0.2, -0.15) is 4.39 Å². The molecule has 0 bridgehead atoms. The molecule has 0 aromatic heterocycles. The van der Waals surface area contributed by atoms with E-state index in [1.165, 1.54) is 0 Å². The number of nitro benzene ring substituents is 1. The minimum Gasteiger partial charge on any atom is -0.381 e. The van der Waals surface area contributed by atoms with Crippen molar-refractivity contribution in [1.29, 1.82) is 0 Å². The molecule has 110 valence electrons.